The van der Waals surface area contributed by atoms with Crippen molar-refractivity contribution in [3.05, 3.63) is 0 Å². The first kappa shape index (κ1) is 14.6. The maximum atomic E-state index is 4.27. The molecule has 0 aromatic heterocycles. The van der Waals surface area contributed by atoms with E-state index in [0.717, 1.165) is 37.6 Å². The molecule has 2 saturated carbocycles. The number of hydrogen-bond acceptors (Lipinski definition) is 2. The summed E-state index contributed by atoms with van der Waals surface area (Å²) in [7, 11) is 4.12. The average molecular weight is 266 g/mol. The summed E-state index contributed by atoms with van der Waals surface area (Å²) in [5, 5.41) is 6.82. The highest BCUT2D eigenvalue weighted by atomic mass is 15.2. The van der Waals surface area contributed by atoms with E-state index < -0.39 is 0 Å². The Kier molecular flexibility index (Phi) is 5.95. The van der Waals surface area contributed by atoms with Crippen molar-refractivity contribution in [3.63, 3.8) is 0 Å². The first-order chi connectivity index (χ1) is 9.29. The van der Waals surface area contributed by atoms with Crippen LogP contribution in [-0.2, 0) is 0 Å². The van der Waals surface area contributed by atoms with Crippen molar-refractivity contribution in [1.82, 2.24) is 15.5 Å². The van der Waals surface area contributed by atoms with Crippen LogP contribution in [0.15, 0.2) is 4.99 Å². The zero-order valence-electron chi connectivity index (χ0n) is 12.6. The quantitative estimate of drug-likeness (QED) is 0.569. The lowest BCUT2D eigenvalue weighted by atomic mass is 9.94. The third kappa shape index (κ3) is 5.39. The molecule has 0 amide bonds. The molecule has 0 atom stereocenters. The van der Waals surface area contributed by atoms with E-state index in [1.165, 1.54) is 44.9 Å². The SMILES string of the molecule is CN=C(NCCN(C)C1CCCCC1)NCC1CC1. The van der Waals surface area contributed by atoms with Gasteiger partial charge < -0.3 is 15.5 Å². The van der Waals surface area contributed by atoms with Gasteiger partial charge in [-0.25, -0.2) is 0 Å². The van der Waals surface area contributed by atoms with Gasteiger partial charge in [-0.1, -0.05) is 19.3 Å². The van der Waals surface area contributed by atoms with Crippen molar-refractivity contribution in [1.29, 1.82) is 0 Å². The number of guanidine groups is 1. The molecule has 4 heteroatoms. The van der Waals surface area contributed by atoms with Crippen LogP contribution in [0.5, 0.6) is 0 Å². The highest BCUT2D eigenvalue weighted by molar-refractivity contribution is 5.79. The van der Waals surface area contributed by atoms with Crippen LogP contribution >= 0.6 is 0 Å². The predicted molar refractivity (Wildman–Crippen MR) is 81.6 cm³/mol. The van der Waals surface area contributed by atoms with Gasteiger partial charge in [0.25, 0.3) is 0 Å². The molecule has 0 heterocycles. The second kappa shape index (κ2) is 7.73. The molecule has 0 aliphatic heterocycles. The van der Waals surface area contributed by atoms with E-state index >= 15 is 0 Å². The number of hydrogen-bond donors (Lipinski definition) is 2. The van der Waals surface area contributed by atoms with E-state index in [9.17, 15) is 0 Å². The number of likely N-dealkylation sites (N-methyl/N-ethyl adjacent to an activating group) is 1. The topological polar surface area (TPSA) is 39.7 Å². The first-order valence-corrected chi connectivity index (χ1v) is 7.94. The van der Waals surface area contributed by atoms with Gasteiger partial charge >= 0.3 is 0 Å². The van der Waals surface area contributed by atoms with Crippen LogP contribution < -0.4 is 10.6 Å². The Hall–Kier alpha value is -0.770. The van der Waals surface area contributed by atoms with Crippen LogP contribution in [0.1, 0.15) is 44.9 Å². The second-order valence-corrected chi connectivity index (χ2v) is 6.10. The zero-order valence-corrected chi connectivity index (χ0v) is 12.6. The Labute approximate surface area is 118 Å². The fourth-order valence-corrected chi connectivity index (χ4v) is 2.84. The molecular weight excluding hydrogens is 236 g/mol. The maximum Gasteiger partial charge on any atom is 0.191 e. The average Bonchev–Trinajstić information content (AvgIpc) is 3.27. The molecule has 0 spiro atoms. The minimum atomic E-state index is 0.803. The van der Waals surface area contributed by atoms with E-state index in [4.69, 9.17) is 0 Å². The lowest BCUT2D eigenvalue weighted by Crippen LogP contribution is -2.43. The summed E-state index contributed by atoms with van der Waals surface area (Å²) in [5.74, 6) is 1.85. The molecule has 0 saturated heterocycles. The summed E-state index contributed by atoms with van der Waals surface area (Å²) in [6.07, 6.45) is 9.78. The summed E-state index contributed by atoms with van der Waals surface area (Å²) < 4.78 is 0. The Morgan fingerprint density at radius 2 is 1.84 bits per heavy atom. The molecular formula is C15H30N4. The van der Waals surface area contributed by atoms with Crippen molar-refractivity contribution in [3.8, 4) is 0 Å². The standard InChI is InChI=1S/C15H30N4/c1-16-15(18-12-13-8-9-13)17-10-11-19(2)14-6-4-3-5-7-14/h13-14H,3-12H2,1-2H3,(H2,16,17,18). The third-order valence-corrected chi connectivity index (χ3v) is 4.43. The van der Waals surface area contributed by atoms with Gasteiger partial charge in [-0.2, -0.15) is 0 Å². The van der Waals surface area contributed by atoms with E-state index in [2.05, 4.69) is 27.6 Å². The molecule has 110 valence electrons. The van der Waals surface area contributed by atoms with Crippen molar-refractivity contribution < 1.29 is 0 Å². The number of nitrogens with zero attached hydrogens (tertiary/aromatic N) is 2. The predicted octanol–water partition coefficient (Wildman–Crippen LogP) is 1.83. The summed E-state index contributed by atoms with van der Waals surface area (Å²) >= 11 is 0. The Balaban J connectivity index is 1.57. The molecule has 0 bridgehead atoms. The fraction of sp³-hybridized carbons (Fsp3) is 0.933. The summed E-state index contributed by atoms with van der Waals surface area (Å²) in [6, 6.07) is 0.803. The van der Waals surface area contributed by atoms with Crippen molar-refractivity contribution >= 4 is 5.96 Å². The van der Waals surface area contributed by atoms with Gasteiger partial charge in [0, 0.05) is 32.7 Å². The summed E-state index contributed by atoms with van der Waals surface area (Å²) in [4.78, 5) is 6.79. The molecule has 2 fully saturated rings. The highest BCUT2D eigenvalue weighted by Crippen LogP contribution is 2.27. The van der Waals surface area contributed by atoms with Crippen molar-refractivity contribution in [2.75, 3.05) is 33.7 Å². The Morgan fingerprint density at radius 3 is 2.47 bits per heavy atom. The highest BCUT2D eigenvalue weighted by Gasteiger charge is 2.21. The molecule has 2 aliphatic carbocycles. The van der Waals surface area contributed by atoms with Crippen molar-refractivity contribution in [2.24, 2.45) is 10.9 Å². The molecule has 0 unspecified atom stereocenters. The largest absolute Gasteiger partial charge is 0.356 e. The Bertz CT molecular complexity index is 280. The van der Waals surface area contributed by atoms with Gasteiger partial charge in [-0.05, 0) is 38.6 Å². The summed E-state index contributed by atoms with van der Waals surface area (Å²) in [6.45, 7) is 3.17. The fourth-order valence-electron chi connectivity index (χ4n) is 2.84. The molecule has 0 radical (unpaired) electrons. The van der Waals surface area contributed by atoms with Gasteiger partial charge in [0.1, 0.15) is 0 Å². The molecule has 4 nitrogen and oxygen atoms in total. The van der Waals surface area contributed by atoms with Gasteiger partial charge in [-0.3, -0.25) is 4.99 Å². The summed E-state index contributed by atoms with van der Waals surface area (Å²) in [5.41, 5.74) is 0. The zero-order chi connectivity index (χ0) is 13.5. The van der Waals surface area contributed by atoms with Gasteiger partial charge in [0.2, 0.25) is 0 Å². The first-order valence-electron chi connectivity index (χ1n) is 7.94. The molecule has 2 aliphatic rings. The molecule has 2 rings (SSSR count). The molecule has 19 heavy (non-hydrogen) atoms. The number of aliphatic imine (C=N–C) groups is 1. The minimum Gasteiger partial charge on any atom is -0.356 e. The maximum absolute atomic E-state index is 4.27. The molecule has 2 N–H and O–H groups in total. The van der Waals surface area contributed by atoms with Gasteiger partial charge in [0.05, 0.1) is 0 Å². The van der Waals surface area contributed by atoms with E-state index in [1.807, 2.05) is 7.05 Å². The van der Waals surface area contributed by atoms with Gasteiger partial charge in [0.15, 0.2) is 5.96 Å². The Morgan fingerprint density at radius 1 is 1.11 bits per heavy atom. The smallest absolute Gasteiger partial charge is 0.191 e. The van der Waals surface area contributed by atoms with E-state index in [1.54, 1.807) is 0 Å². The molecule has 0 aromatic rings. The number of rotatable bonds is 6. The second-order valence-electron chi connectivity index (χ2n) is 6.10. The van der Waals surface area contributed by atoms with Crippen LogP contribution in [0.3, 0.4) is 0 Å². The lowest BCUT2D eigenvalue weighted by molar-refractivity contribution is 0.194. The molecule has 0 aromatic carbocycles. The normalized spacial score (nSPS) is 21.7. The van der Waals surface area contributed by atoms with E-state index in [0.29, 0.717) is 0 Å². The van der Waals surface area contributed by atoms with Crippen molar-refractivity contribution in [2.45, 2.75) is 51.0 Å². The van der Waals surface area contributed by atoms with Crippen LogP contribution in [0.2, 0.25) is 0 Å². The van der Waals surface area contributed by atoms with Crippen LogP contribution in [0.25, 0.3) is 0 Å². The third-order valence-electron chi connectivity index (χ3n) is 4.43. The number of nitrogens with one attached hydrogen (secondary N) is 2. The minimum absolute atomic E-state index is 0.803. The van der Waals surface area contributed by atoms with E-state index in [-0.39, 0.29) is 0 Å². The monoisotopic (exact) mass is 266 g/mol. The van der Waals surface area contributed by atoms with Crippen LogP contribution in [0, 0.1) is 5.92 Å². The van der Waals surface area contributed by atoms with Gasteiger partial charge in [-0.15, -0.1) is 0 Å². The lowest BCUT2D eigenvalue weighted by Gasteiger charge is -2.31. The van der Waals surface area contributed by atoms with Crippen LogP contribution in [0.4, 0.5) is 0 Å². The van der Waals surface area contributed by atoms with Crippen LogP contribution in [-0.4, -0.2) is 50.6 Å².